The van der Waals surface area contributed by atoms with Crippen LogP contribution in [0, 0.1) is 0 Å². The lowest BCUT2D eigenvalue weighted by atomic mass is 9.96. The molecule has 0 radical (unpaired) electrons. The van der Waals surface area contributed by atoms with E-state index in [1.165, 1.54) is 16.7 Å². The van der Waals surface area contributed by atoms with Crippen LogP contribution in [0.15, 0.2) is 54.1 Å². The molecule has 0 saturated carbocycles. The van der Waals surface area contributed by atoms with Gasteiger partial charge < -0.3 is 4.98 Å². The summed E-state index contributed by atoms with van der Waals surface area (Å²) in [5.41, 5.74) is 6.15. The van der Waals surface area contributed by atoms with Gasteiger partial charge in [0.2, 0.25) is 0 Å². The number of allylic oxidation sites excluding steroid dienone is 1. The Kier molecular flexibility index (Phi) is 2.12. The van der Waals surface area contributed by atoms with Crippen molar-refractivity contribution in [1.29, 1.82) is 0 Å². The fraction of sp³-hybridized carbons (Fsp3) is 0.118. The molecule has 3 aromatic rings. The molecule has 2 nitrogen and oxygen atoms in total. The first-order valence-electron chi connectivity index (χ1n) is 6.55. The van der Waals surface area contributed by atoms with Gasteiger partial charge in [-0.3, -0.25) is 0 Å². The van der Waals surface area contributed by atoms with Crippen molar-refractivity contribution in [3.05, 3.63) is 71.1 Å². The van der Waals surface area contributed by atoms with Crippen molar-refractivity contribution < 1.29 is 0 Å². The van der Waals surface area contributed by atoms with E-state index in [0.29, 0.717) is 0 Å². The summed E-state index contributed by atoms with van der Waals surface area (Å²) in [4.78, 5) is 8.20. The summed E-state index contributed by atoms with van der Waals surface area (Å²) in [6.07, 6.45) is 2.26. The molecule has 19 heavy (non-hydrogen) atoms. The standard InChI is InChI=1S/C17H14N2/c1-11-10-12-6-2-3-7-13(12)16(11)17-18-14-8-4-5-9-15(14)19-17/h2-10,16H,1H3,(H,18,19). The lowest BCUT2D eigenvalue weighted by Crippen LogP contribution is -2.01. The Morgan fingerprint density at radius 1 is 1.00 bits per heavy atom. The van der Waals surface area contributed by atoms with Crippen LogP contribution in [0.4, 0.5) is 0 Å². The highest BCUT2D eigenvalue weighted by Crippen LogP contribution is 2.39. The maximum absolute atomic E-state index is 4.75. The molecule has 1 heterocycles. The second-order valence-corrected chi connectivity index (χ2v) is 5.09. The van der Waals surface area contributed by atoms with Crippen molar-refractivity contribution in [3.63, 3.8) is 0 Å². The zero-order valence-corrected chi connectivity index (χ0v) is 10.7. The average molecular weight is 246 g/mol. The van der Waals surface area contributed by atoms with Gasteiger partial charge in [-0.05, 0) is 30.2 Å². The number of hydrogen-bond acceptors (Lipinski definition) is 1. The van der Waals surface area contributed by atoms with Gasteiger partial charge >= 0.3 is 0 Å². The Hall–Kier alpha value is -2.35. The molecule has 1 N–H and O–H groups in total. The summed E-state index contributed by atoms with van der Waals surface area (Å²) in [6.45, 7) is 2.18. The number of fused-ring (bicyclic) bond motifs is 2. The SMILES string of the molecule is CC1=Cc2ccccc2C1c1nc2ccccc2[nH]1. The minimum Gasteiger partial charge on any atom is -0.341 e. The molecule has 0 fully saturated rings. The molecule has 1 atom stereocenters. The maximum Gasteiger partial charge on any atom is 0.118 e. The van der Waals surface area contributed by atoms with E-state index in [-0.39, 0.29) is 5.92 Å². The van der Waals surface area contributed by atoms with Crippen LogP contribution in [-0.2, 0) is 0 Å². The summed E-state index contributed by atoms with van der Waals surface area (Å²) in [6, 6.07) is 16.7. The summed E-state index contributed by atoms with van der Waals surface area (Å²) < 4.78 is 0. The van der Waals surface area contributed by atoms with Gasteiger partial charge in [-0.1, -0.05) is 48.0 Å². The van der Waals surface area contributed by atoms with Crippen LogP contribution in [0.25, 0.3) is 17.1 Å². The van der Waals surface area contributed by atoms with Gasteiger partial charge in [-0.15, -0.1) is 0 Å². The molecule has 0 amide bonds. The second kappa shape index (κ2) is 3.82. The van der Waals surface area contributed by atoms with Crippen molar-refractivity contribution in [1.82, 2.24) is 9.97 Å². The average Bonchev–Trinajstić information content (AvgIpc) is 2.97. The lowest BCUT2D eigenvalue weighted by molar-refractivity contribution is 0.890. The van der Waals surface area contributed by atoms with Gasteiger partial charge in [0.05, 0.1) is 17.0 Å². The van der Waals surface area contributed by atoms with E-state index >= 15 is 0 Å². The highest BCUT2D eigenvalue weighted by atomic mass is 14.9. The molecular weight excluding hydrogens is 232 g/mol. The van der Waals surface area contributed by atoms with Gasteiger partial charge in [-0.2, -0.15) is 0 Å². The Labute approximate surface area is 111 Å². The van der Waals surface area contributed by atoms with E-state index in [1.54, 1.807) is 0 Å². The molecular formula is C17H14N2. The second-order valence-electron chi connectivity index (χ2n) is 5.09. The largest absolute Gasteiger partial charge is 0.341 e. The maximum atomic E-state index is 4.75. The third-order valence-electron chi connectivity index (χ3n) is 3.83. The van der Waals surface area contributed by atoms with Crippen molar-refractivity contribution in [2.45, 2.75) is 12.8 Å². The topological polar surface area (TPSA) is 28.7 Å². The van der Waals surface area contributed by atoms with Crippen LogP contribution < -0.4 is 0 Å². The fourth-order valence-corrected chi connectivity index (χ4v) is 2.95. The van der Waals surface area contributed by atoms with Gasteiger partial charge in [0.1, 0.15) is 5.82 Å². The van der Waals surface area contributed by atoms with E-state index in [2.05, 4.69) is 54.4 Å². The minimum atomic E-state index is 0.267. The lowest BCUT2D eigenvalue weighted by Gasteiger charge is -2.11. The number of H-pyrrole nitrogens is 1. The number of benzene rings is 2. The number of aromatic nitrogens is 2. The highest BCUT2D eigenvalue weighted by Gasteiger charge is 2.26. The minimum absolute atomic E-state index is 0.267. The van der Waals surface area contributed by atoms with Gasteiger partial charge in [-0.25, -0.2) is 4.98 Å². The van der Waals surface area contributed by atoms with Crippen molar-refractivity contribution >= 4 is 17.1 Å². The predicted octanol–water partition coefficient (Wildman–Crippen LogP) is 4.11. The van der Waals surface area contributed by atoms with E-state index in [9.17, 15) is 0 Å². The van der Waals surface area contributed by atoms with Crippen LogP contribution in [0.5, 0.6) is 0 Å². The van der Waals surface area contributed by atoms with E-state index < -0.39 is 0 Å². The summed E-state index contributed by atoms with van der Waals surface area (Å²) >= 11 is 0. The molecule has 92 valence electrons. The summed E-state index contributed by atoms with van der Waals surface area (Å²) in [5.74, 6) is 1.31. The molecule has 2 aromatic carbocycles. The molecule has 0 bridgehead atoms. The predicted molar refractivity (Wildman–Crippen MR) is 78.0 cm³/mol. The Morgan fingerprint density at radius 2 is 1.79 bits per heavy atom. The zero-order chi connectivity index (χ0) is 12.8. The van der Waals surface area contributed by atoms with Crippen molar-refractivity contribution in [3.8, 4) is 0 Å². The molecule has 4 rings (SSSR count). The number of nitrogens with zero attached hydrogens (tertiary/aromatic N) is 1. The smallest absolute Gasteiger partial charge is 0.118 e. The molecule has 0 aliphatic heterocycles. The first-order valence-corrected chi connectivity index (χ1v) is 6.55. The van der Waals surface area contributed by atoms with Crippen LogP contribution in [-0.4, -0.2) is 9.97 Å². The molecule has 0 saturated heterocycles. The fourth-order valence-electron chi connectivity index (χ4n) is 2.95. The van der Waals surface area contributed by atoms with E-state index in [4.69, 9.17) is 4.98 Å². The Balaban J connectivity index is 1.91. The first kappa shape index (κ1) is 10.6. The van der Waals surface area contributed by atoms with E-state index in [1.807, 2.05) is 12.1 Å². The number of aromatic amines is 1. The van der Waals surface area contributed by atoms with Gasteiger partial charge in [0.25, 0.3) is 0 Å². The molecule has 0 spiro atoms. The Morgan fingerprint density at radius 3 is 2.68 bits per heavy atom. The van der Waals surface area contributed by atoms with E-state index in [0.717, 1.165) is 16.9 Å². The zero-order valence-electron chi connectivity index (χ0n) is 10.7. The number of para-hydroxylation sites is 2. The first-order chi connectivity index (χ1) is 9.33. The molecule has 1 aromatic heterocycles. The van der Waals surface area contributed by atoms with Crippen LogP contribution in [0.3, 0.4) is 0 Å². The van der Waals surface area contributed by atoms with Crippen LogP contribution in [0.1, 0.15) is 29.8 Å². The molecule has 1 unspecified atom stereocenters. The van der Waals surface area contributed by atoms with Gasteiger partial charge in [0.15, 0.2) is 0 Å². The number of imidazole rings is 1. The number of hydrogen-bond donors (Lipinski definition) is 1. The third-order valence-corrected chi connectivity index (χ3v) is 3.83. The van der Waals surface area contributed by atoms with Crippen molar-refractivity contribution in [2.75, 3.05) is 0 Å². The Bertz CT molecular complexity index is 763. The van der Waals surface area contributed by atoms with Crippen LogP contribution >= 0.6 is 0 Å². The quantitative estimate of drug-likeness (QED) is 0.687. The third kappa shape index (κ3) is 1.53. The molecule has 1 aliphatic carbocycles. The van der Waals surface area contributed by atoms with Crippen LogP contribution in [0.2, 0.25) is 0 Å². The highest BCUT2D eigenvalue weighted by molar-refractivity contribution is 5.76. The number of rotatable bonds is 1. The summed E-state index contributed by atoms with van der Waals surface area (Å²) in [5, 5.41) is 0. The summed E-state index contributed by atoms with van der Waals surface area (Å²) in [7, 11) is 0. The molecule has 2 heteroatoms. The van der Waals surface area contributed by atoms with Gasteiger partial charge in [0, 0.05) is 0 Å². The number of nitrogens with one attached hydrogen (secondary N) is 1. The monoisotopic (exact) mass is 246 g/mol. The molecule has 1 aliphatic rings. The van der Waals surface area contributed by atoms with Crippen molar-refractivity contribution in [2.24, 2.45) is 0 Å². The normalized spacial score (nSPS) is 17.5.